The number of aromatic carboxylic acids is 2. The molecule has 0 saturated carbocycles. The molecule has 0 unspecified atom stereocenters. The monoisotopic (exact) mass is 441 g/mol. The van der Waals surface area contributed by atoms with Gasteiger partial charge in [0.15, 0.2) is 17.0 Å². The van der Waals surface area contributed by atoms with E-state index in [9.17, 15) is 29.3 Å². The van der Waals surface area contributed by atoms with E-state index in [1.54, 1.807) is 6.92 Å². The second kappa shape index (κ2) is 7.51. The number of aliphatic hydroxyl groups is 1. The van der Waals surface area contributed by atoms with Gasteiger partial charge in [-0.15, -0.1) is 0 Å². The maximum absolute atomic E-state index is 14.7. The van der Waals surface area contributed by atoms with Crippen LogP contribution in [0.4, 0.5) is 4.39 Å². The molecule has 0 bridgehead atoms. The summed E-state index contributed by atoms with van der Waals surface area (Å²) in [7, 11) is 0. The zero-order valence-electron chi connectivity index (χ0n) is 16.8. The highest BCUT2D eigenvalue weighted by Crippen LogP contribution is 2.35. The number of benzene rings is 1. The van der Waals surface area contributed by atoms with E-state index < -0.39 is 34.7 Å². The molecule has 3 heterocycles. The predicted octanol–water partition coefficient (Wildman–Crippen LogP) is 2.03. The summed E-state index contributed by atoms with van der Waals surface area (Å²) < 4.78 is 26.3. The Labute approximate surface area is 179 Å². The van der Waals surface area contributed by atoms with Crippen molar-refractivity contribution in [2.75, 3.05) is 6.61 Å². The molecule has 0 amide bonds. The molecule has 1 aliphatic heterocycles. The van der Waals surface area contributed by atoms with Gasteiger partial charge in [0.05, 0.1) is 17.7 Å². The van der Waals surface area contributed by atoms with E-state index in [2.05, 4.69) is 22.0 Å². The fourth-order valence-electron chi connectivity index (χ4n) is 3.28. The summed E-state index contributed by atoms with van der Waals surface area (Å²) in [5.41, 5.74) is -2.71. The van der Waals surface area contributed by atoms with Gasteiger partial charge in [-0.05, 0) is 19.9 Å². The van der Waals surface area contributed by atoms with Crippen LogP contribution in [0.2, 0.25) is 0 Å². The quantitative estimate of drug-likeness (QED) is 0.519. The number of carboxylic acid groups (broad SMARTS) is 2. The Hall–Kier alpha value is -4.17. The maximum atomic E-state index is 14.7. The van der Waals surface area contributed by atoms with Crippen molar-refractivity contribution in [1.82, 2.24) is 14.7 Å². The third kappa shape index (κ3) is 3.57. The highest BCUT2D eigenvalue weighted by molar-refractivity contribution is 6.00. The first kappa shape index (κ1) is 21.1. The van der Waals surface area contributed by atoms with Crippen LogP contribution >= 0.6 is 0 Å². The molecule has 11 heteroatoms. The average Bonchev–Trinajstić information content (AvgIpc) is 3.28. The number of ether oxygens (including phenoxy) is 1. The number of aryl methyl sites for hydroxylation is 1. The van der Waals surface area contributed by atoms with Gasteiger partial charge in [-0.25, -0.2) is 19.0 Å². The molecular weight excluding hydrogens is 425 g/mol. The molecule has 164 valence electrons. The lowest BCUT2D eigenvalue weighted by atomic mass is 10.0. The van der Waals surface area contributed by atoms with Crippen molar-refractivity contribution in [3.05, 3.63) is 52.4 Å². The lowest BCUT2D eigenvalue weighted by molar-refractivity contribution is 0.0639. The van der Waals surface area contributed by atoms with Crippen molar-refractivity contribution in [2.45, 2.75) is 26.0 Å². The van der Waals surface area contributed by atoms with Gasteiger partial charge < -0.3 is 29.1 Å². The first-order valence-corrected chi connectivity index (χ1v) is 9.31. The van der Waals surface area contributed by atoms with Crippen LogP contribution in [0.15, 0.2) is 22.7 Å². The van der Waals surface area contributed by atoms with E-state index in [1.165, 1.54) is 23.6 Å². The van der Waals surface area contributed by atoms with Crippen LogP contribution in [0.25, 0.3) is 11.4 Å². The highest BCUT2D eigenvalue weighted by Gasteiger charge is 2.31. The van der Waals surface area contributed by atoms with Crippen LogP contribution in [0, 0.1) is 24.6 Å². The largest absolute Gasteiger partial charge is 0.491 e. The van der Waals surface area contributed by atoms with Gasteiger partial charge in [-0.1, -0.05) is 17.0 Å². The van der Waals surface area contributed by atoms with Gasteiger partial charge in [0.2, 0.25) is 0 Å². The summed E-state index contributed by atoms with van der Waals surface area (Å²) in [6.45, 7) is 2.98. The number of carbonyl (C=O) groups is 2. The number of fused-ring (bicyclic) bond motifs is 3. The molecule has 3 N–H and O–H groups in total. The van der Waals surface area contributed by atoms with E-state index in [0.717, 1.165) is 6.07 Å². The third-order valence-electron chi connectivity index (χ3n) is 4.82. The van der Waals surface area contributed by atoms with Gasteiger partial charge in [0.25, 0.3) is 0 Å². The number of halogens is 1. The highest BCUT2D eigenvalue weighted by atomic mass is 19.1. The molecule has 0 aliphatic carbocycles. The predicted molar refractivity (Wildman–Crippen MR) is 105 cm³/mol. The molecule has 1 atom stereocenters. The molecule has 0 saturated heterocycles. The number of nitrogens with zero attached hydrogens (tertiary/aromatic N) is 3. The molecule has 0 fully saturated rings. The van der Waals surface area contributed by atoms with Crippen molar-refractivity contribution in [1.29, 1.82) is 0 Å². The summed E-state index contributed by atoms with van der Waals surface area (Å²) >= 11 is 0. The molecule has 1 aromatic carbocycles. The number of hydrogen-bond acceptors (Lipinski definition) is 7. The Morgan fingerprint density at radius 1 is 1.25 bits per heavy atom. The number of aromatic nitrogens is 3. The van der Waals surface area contributed by atoms with E-state index in [4.69, 9.17) is 9.26 Å². The molecule has 4 rings (SSSR count). The minimum atomic E-state index is -1.74. The minimum absolute atomic E-state index is 0.00518. The smallest absolute Gasteiger partial charge is 0.357 e. The fourth-order valence-corrected chi connectivity index (χ4v) is 3.28. The van der Waals surface area contributed by atoms with Gasteiger partial charge in [0, 0.05) is 12.1 Å². The van der Waals surface area contributed by atoms with Crippen molar-refractivity contribution in [2.24, 2.45) is 0 Å². The second-order valence-corrected chi connectivity index (χ2v) is 7.22. The van der Waals surface area contributed by atoms with Crippen LogP contribution in [-0.2, 0) is 12.1 Å². The minimum Gasteiger partial charge on any atom is -0.491 e. The van der Waals surface area contributed by atoms with Crippen molar-refractivity contribution >= 4 is 11.9 Å². The Morgan fingerprint density at radius 3 is 2.62 bits per heavy atom. The number of rotatable bonds is 3. The summed E-state index contributed by atoms with van der Waals surface area (Å²) in [4.78, 5) is 27.1. The molecule has 0 radical (unpaired) electrons. The molecule has 2 aromatic heterocycles. The molecule has 3 aromatic rings. The fraction of sp³-hybridized carbons (Fsp3) is 0.238. The molecular formula is C21H16FN3O7. The zero-order valence-corrected chi connectivity index (χ0v) is 16.8. The molecule has 1 aliphatic rings. The van der Waals surface area contributed by atoms with Crippen molar-refractivity contribution in [3.63, 3.8) is 0 Å². The molecule has 0 spiro atoms. The van der Waals surface area contributed by atoms with E-state index in [1.807, 2.05) is 0 Å². The summed E-state index contributed by atoms with van der Waals surface area (Å²) in [5, 5.41) is 33.1. The van der Waals surface area contributed by atoms with E-state index in [-0.39, 0.29) is 41.5 Å². The number of imidazole rings is 1. The lowest BCUT2D eigenvalue weighted by Gasteiger charge is -2.12. The van der Waals surface area contributed by atoms with Crippen LogP contribution in [0.5, 0.6) is 5.75 Å². The summed E-state index contributed by atoms with van der Waals surface area (Å²) in [5.74, 6) is 1.87. The maximum Gasteiger partial charge on any atom is 0.357 e. The topological polar surface area (TPSA) is 148 Å². The first-order chi connectivity index (χ1) is 15.1. The van der Waals surface area contributed by atoms with E-state index in [0.29, 0.717) is 5.76 Å². The number of hydrogen-bond donors (Lipinski definition) is 3. The third-order valence-corrected chi connectivity index (χ3v) is 4.82. The normalized spacial score (nSPS) is 14.1. The molecule has 10 nitrogen and oxygen atoms in total. The Bertz CT molecular complexity index is 1330. The Balaban J connectivity index is 1.85. The lowest BCUT2D eigenvalue weighted by Crippen LogP contribution is -2.18. The summed E-state index contributed by atoms with van der Waals surface area (Å²) in [6, 6.07) is 3.82. The van der Waals surface area contributed by atoms with Gasteiger partial charge in [-0.3, -0.25) is 0 Å². The number of carboxylic acids is 2. The molecule has 32 heavy (non-hydrogen) atoms. The van der Waals surface area contributed by atoms with Crippen LogP contribution in [0.3, 0.4) is 0 Å². The summed E-state index contributed by atoms with van der Waals surface area (Å²) in [6.07, 6.45) is 0. The second-order valence-electron chi connectivity index (χ2n) is 7.22. The standard InChI is InChI=1S/C21H16FN3O7/c1-10-7-15(24-32-10)21(2,30)4-3-11-8-12-14(9-13(11)22)31-6-5-25-17(20(28)29)16(19(26)27)23-18(12)25/h7-9,30H,5-6H2,1-2H3,(H,26,27)(H,28,29)/t21-/m1/s1. The van der Waals surface area contributed by atoms with Crippen LogP contribution < -0.4 is 4.74 Å². The van der Waals surface area contributed by atoms with Gasteiger partial charge >= 0.3 is 11.9 Å². The SMILES string of the molecule is Cc1cc([C@](C)(O)C#Cc2cc3c(cc2F)OCCn2c-3nc(C(=O)O)c2C(=O)O)no1. The first-order valence-electron chi connectivity index (χ1n) is 9.31. The Morgan fingerprint density at radius 2 is 2.00 bits per heavy atom. The van der Waals surface area contributed by atoms with Crippen molar-refractivity contribution < 1.29 is 38.6 Å². The average molecular weight is 441 g/mol. The van der Waals surface area contributed by atoms with Crippen LogP contribution in [-0.4, -0.2) is 48.6 Å². The van der Waals surface area contributed by atoms with Crippen LogP contribution in [0.1, 0.15) is 44.9 Å². The zero-order chi connectivity index (χ0) is 23.2. The Kier molecular flexibility index (Phi) is 4.94. The van der Waals surface area contributed by atoms with Gasteiger partial charge in [-0.2, -0.15) is 0 Å². The van der Waals surface area contributed by atoms with Gasteiger partial charge in [0.1, 0.15) is 35.5 Å². The van der Waals surface area contributed by atoms with E-state index >= 15 is 0 Å². The van der Waals surface area contributed by atoms with Crippen molar-refractivity contribution in [3.8, 4) is 29.0 Å².